The van der Waals surface area contributed by atoms with E-state index >= 15 is 0 Å². The van der Waals surface area contributed by atoms with Crippen molar-refractivity contribution in [2.75, 3.05) is 0 Å². The first-order chi connectivity index (χ1) is 6.41. The van der Waals surface area contributed by atoms with E-state index < -0.39 is 0 Å². The van der Waals surface area contributed by atoms with Crippen LogP contribution in [-0.4, -0.2) is 30.5 Å². The molecule has 0 aromatic heterocycles. The summed E-state index contributed by atoms with van der Waals surface area (Å²) in [6.07, 6.45) is 2.14. The van der Waals surface area contributed by atoms with E-state index in [1.54, 1.807) is 0 Å². The van der Waals surface area contributed by atoms with E-state index in [-0.39, 0.29) is 6.17 Å². The average Bonchev–Trinajstić information content (AvgIpc) is 1.97. The molecule has 3 heteroatoms. The van der Waals surface area contributed by atoms with Gasteiger partial charge in [-0.05, 0) is 41.5 Å². The third-order valence-corrected chi connectivity index (χ3v) is 1.56. The standard InChI is InChI=1S/C11H25N3/c1-8(2)12-7-11(13-9(3)4)14-10(5)6/h7-11,13-14H,1-6H3. The van der Waals surface area contributed by atoms with E-state index in [9.17, 15) is 0 Å². The highest BCUT2D eigenvalue weighted by molar-refractivity contribution is 5.64. The molecule has 0 atom stereocenters. The van der Waals surface area contributed by atoms with Crippen LogP contribution in [0.5, 0.6) is 0 Å². The second kappa shape index (κ2) is 6.96. The van der Waals surface area contributed by atoms with Gasteiger partial charge in [0.15, 0.2) is 0 Å². The molecule has 2 N–H and O–H groups in total. The van der Waals surface area contributed by atoms with Crippen molar-refractivity contribution in [3.8, 4) is 0 Å². The lowest BCUT2D eigenvalue weighted by Gasteiger charge is -2.21. The number of hydrogen-bond acceptors (Lipinski definition) is 3. The average molecular weight is 199 g/mol. The first-order valence-electron chi connectivity index (χ1n) is 5.47. The molecule has 0 aliphatic rings. The molecule has 0 saturated heterocycles. The maximum Gasteiger partial charge on any atom is 0.0939 e. The van der Waals surface area contributed by atoms with Gasteiger partial charge in [-0.15, -0.1) is 0 Å². The van der Waals surface area contributed by atoms with Crippen molar-refractivity contribution in [3.63, 3.8) is 0 Å². The van der Waals surface area contributed by atoms with Crippen LogP contribution >= 0.6 is 0 Å². The van der Waals surface area contributed by atoms with Crippen LogP contribution < -0.4 is 10.6 Å². The molecule has 0 spiro atoms. The molecule has 84 valence electrons. The van der Waals surface area contributed by atoms with Gasteiger partial charge in [-0.3, -0.25) is 15.6 Å². The van der Waals surface area contributed by atoms with Gasteiger partial charge in [0.2, 0.25) is 0 Å². The third kappa shape index (κ3) is 8.20. The molecule has 0 aromatic rings. The highest BCUT2D eigenvalue weighted by Crippen LogP contribution is 1.88. The molecule has 0 aromatic carbocycles. The summed E-state index contributed by atoms with van der Waals surface area (Å²) in [6, 6.07) is 1.29. The van der Waals surface area contributed by atoms with Gasteiger partial charge in [-0.2, -0.15) is 0 Å². The molecule has 0 amide bonds. The quantitative estimate of drug-likeness (QED) is 0.505. The van der Waals surface area contributed by atoms with Gasteiger partial charge in [0.1, 0.15) is 0 Å². The lowest BCUT2D eigenvalue weighted by atomic mass is 10.3. The van der Waals surface area contributed by atoms with Gasteiger partial charge in [0.05, 0.1) is 6.17 Å². The molecule has 0 aliphatic carbocycles. The van der Waals surface area contributed by atoms with Gasteiger partial charge >= 0.3 is 0 Å². The van der Waals surface area contributed by atoms with Crippen LogP contribution in [0.15, 0.2) is 4.99 Å². The third-order valence-electron chi connectivity index (χ3n) is 1.56. The molecule has 3 nitrogen and oxygen atoms in total. The predicted octanol–water partition coefficient (Wildman–Crippen LogP) is 1.79. The number of rotatable bonds is 6. The molecular formula is C11H25N3. The number of hydrogen-bond donors (Lipinski definition) is 2. The summed E-state index contributed by atoms with van der Waals surface area (Å²) in [5.41, 5.74) is 0. The Morgan fingerprint density at radius 1 is 0.857 bits per heavy atom. The van der Waals surface area contributed by atoms with Crippen molar-refractivity contribution in [1.29, 1.82) is 0 Å². The van der Waals surface area contributed by atoms with Crippen molar-refractivity contribution < 1.29 is 0 Å². The summed E-state index contributed by atoms with van der Waals surface area (Å²) in [6.45, 7) is 12.7. The predicted molar refractivity (Wildman–Crippen MR) is 64.0 cm³/mol. The lowest BCUT2D eigenvalue weighted by molar-refractivity contribution is 0.442. The zero-order chi connectivity index (χ0) is 11.1. The van der Waals surface area contributed by atoms with Crippen LogP contribution in [0.2, 0.25) is 0 Å². The first kappa shape index (κ1) is 13.6. The van der Waals surface area contributed by atoms with Crippen molar-refractivity contribution in [1.82, 2.24) is 10.6 Å². The fourth-order valence-electron chi connectivity index (χ4n) is 1.11. The van der Waals surface area contributed by atoms with E-state index in [1.807, 2.05) is 6.21 Å². The zero-order valence-corrected chi connectivity index (χ0v) is 10.3. The molecular weight excluding hydrogens is 174 g/mol. The van der Waals surface area contributed by atoms with Gasteiger partial charge in [0, 0.05) is 24.3 Å². The molecule has 0 heterocycles. The highest BCUT2D eigenvalue weighted by Gasteiger charge is 2.07. The number of nitrogens with one attached hydrogen (secondary N) is 2. The second-order valence-electron chi connectivity index (χ2n) is 4.51. The van der Waals surface area contributed by atoms with Crippen LogP contribution in [0.3, 0.4) is 0 Å². The molecule has 0 fully saturated rings. The Morgan fingerprint density at radius 3 is 1.57 bits per heavy atom. The minimum Gasteiger partial charge on any atom is -0.295 e. The Bertz CT molecular complexity index is 152. The summed E-state index contributed by atoms with van der Waals surface area (Å²) in [5, 5.41) is 6.81. The molecule has 0 saturated carbocycles. The maximum absolute atomic E-state index is 4.38. The Hall–Kier alpha value is -0.410. The summed E-state index contributed by atoms with van der Waals surface area (Å²) >= 11 is 0. The molecule has 14 heavy (non-hydrogen) atoms. The smallest absolute Gasteiger partial charge is 0.0939 e. The van der Waals surface area contributed by atoms with Gasteiger partial charge < -0.3 is 0 Å². The largest absolute Gasteiger partial charge is 0.295 e. The van der Waals surface area contributed by atoms with E-state index in [1.165, 1.54) is 0 Å². The fraction of sp³-hybridized carbons (Fsp3) is 0.909. The van der Waals surface area contributed by atoms with Crippen molar-refractivity contribution in [3.05, 3.63) is 0 Å². The van der Waals surface area contributed by atoms with Crippen molar-refractivity contribution in [2.45, 2.75) is 65.8 Å². The molecule has 0 aliphatic heterocycles. The van der Waals surface area contributed by atoms with Crippen molar-refractivity contribution >= 4 is 6.21 Å². The lowest BCUT2D eigenvalue weighted by Crippen LogP contribution is -2.49. The summed E-state index contributed by atoms with van der Waals surface area (Å²) in [4.78, 5) is 4.38. The van der Waals surface area contributed by atoms with Crippen molar-refractivity contribution in [2.24, 2.45) is 4.99 Å². The monoisotopic (exact) mass is 199 g/mol. The second-order valence-corrected chi connectivity index (χ2v) is 4.51. The van der Waals surface area contributed by atoms with Gasteiger partial charge in [-0.1, -0.05) is 0 Å². The summed E-state index contributed by atoms with van der Waals surface area (Å²) in [5.74, 6) is 0. The van der Waals surface area contributed by atoms with E-state index in [4.69, 9.17) is 0 Å². The Labute approximate surface area is 88.4 Å². The Kier molecular flexibility index (Phi) is 6.75. The number of aliphatic imine (C=N–C) groups is 1. The Morgan fingerprint density at radius 2 is 1.29 bits per heavy atom. The van der Waals surface area contributed by atoms with Crippen LogP contribution in [0.4, 0.5) is 0 Å². The highest BCUT2D eigenvalue weighted by atomic mass is 15.1. The van der Waals surface area contributed by atoms with Gasteiger partial charge in [-0.25, -0.2) is 0 Å². The minimum absolute atomic E-state index is 0.178. The molecule has 0 radical (unpaired) electrons. The topological polar surface area (TPSA) is 36.4 Å². The first-order valence-corrected chi connectivity index (χ1v) is 5.47. The minimum atomic E-state index is 0.178. The zero-order valence-electron chi connectivity index (χ0n) is 10.3. The normalized spacial score (nSPS) is 13.0. The summed E-state index contributed by atoms with van der Waals surface area (Å²) in [7, 11) is 0. The van der Waals surface area contributed by atoms with Gasteiger partial charge in [0.25, 0.3) is 0 Å². The van der Waals surface area contributed by atoms with E-state index in [0.717, 1.165) is 0 Å². The SMILES string of the molecule is CC(C)N=CC(NC(C)C)NC(C)C. The molecule has 0 rings (SSSR count). The molecule has 0 unspecified atom stereocenters. The van der Waals surface area contributed by atoms with E-state index in [0.29, 0.717) is 18.1 Å². The fourth-order valence-corrected chi connectivity index (χ4v) is 1.11. The summed E-state index contributed by atoms with van der Waals surface area (Å²) < 4.78 is 0. The number of nitrogens with zero attached hydrogens (tertiary/aromatic N) is 1. The van der Waals surface area contributed by atoms with Crippen LogP contribution in [0.25, 0.3) is 0 Å². The van der Waals surface area contributed by atoms with Crippen LogP contribution in [0, 0.1) is 0 Å². The van der Waals surface area contributed by atoms with Crippen LogP contribution in [-0.2, 0) is 0 Å². The molecule has 0 bridgehead atoms. The van der Waals surface area contributed by atoms with Crippen LogP contribution in [0.1, 0.15) is 41.5 Å². The maximum atomic E-state index is 4.38. The Balaban J connectivity index is 4.10. The van der Waals surface area contributed by atoms with E-state index in [2.05, 4.69) is 57.2 Å².